The van der Waals surface area contributed by atoms with Crippen LogP contribution in [0.5, 0.6) is 0 Å². The summed E-state index contributed by atoms with van der Waals surface area (Å²) < 4.78 is 108. The molecule has 0 saturated heterocycles. The molecule has 0 bridgehead atoms. The highest BCUT2D eigenvalue weighted by atomic mass is 16.8. The summed E-state index contributed by atoms with van der Waals surface area (Å²) in [5.41, 5.74) is -2.92. The Morgan fingerprint density at radius 2 is 0.551 bits per heavy atom. The molecule has 0 fully saturated rings. The van der Waals surface area contributed by atoms with Crippen LogP contribution in [-0.4, -0.2) is 279 Å². The summed E-state index contributed by atoms with van der Waals surface area (Å²) in [5.74, 6) is -9.97. The first-order valence-corrected chi connectivity index (χ1v) is 43.7. The van der Waals surface area contributed by atoms with Gasteiger partial charge >= 0.3 is 120 Å². The maximum atomic E-state index is 11.3. The molecular formula is C92H168O44. The molecule has 0 rings (SSSR count). The predicted molar refractivity (Wildman–Crippen MR) is 491 cm³/mol. The topological polar surface area (TPSA) is 563 Å². The Kier molecular flexibility index (Phi) is 98.6. The Morgan fingerprint density at radius 1 is 0.235 bits per heavy atom. The molecule has 0 aromatic carbocycles. The molecule has 0 heterocycles. The summed E-state index contributed by atoms with van der Waals surface area (Å²) in [5, 5.41) is 0. The van der Waals surface area contributed by atoms with E-state index in [1.54, 1.807) is 83.1 Å². The first-order chi connectivity index (χ1) is 62.6. The van der Waals surface area contributed by atoms with Gasteiger partial charge in [-0.2, -0.15) is 0 Å². The zero-order valence-corrected chi connectivity index (χ0v) is 89.2. The smallest absolute Gasteiger partial charge is 0.469 e. The van der Waals surface area contributed by atoms with Crippen LogP contribution >= 0.6 is 0 Å². The van der Waals surface area contributed by atoms with Crippen LogP contribution in [-0.2, 0) is 190 Å². The van der Waals surface area contributed by atoms with E-state index in [0.29, 0.717) is 44.9 Å². The molecule has 0 aliphatic heterocycles. The minimum Gasteiger partial charge on any atom is -0.469 e. The van der Waals surface area contributed by atoms with Crippen molar-refractivity contribution < 1.29 is 210 Å². The van der Waals surface area contributed by atoms with Gasteiger partial charge in [0.15, 0.2) is 13.2 Å². The van der Waals surface area contributed by atoms with Crippen molar-refractivity contribution in [3.05, 3.63) is 0 Å². The molecule has 0 amide bonds. The fourth-order valence-electron chi connectivity index (χ4n) is 5.24. The summed E-state index contributed by atoms with van der Waals surface area (Å²) in [7, 11) is 14.9. The number of carbonyl (C=O) groups excluding carboxylic acids is 20. The van der Waals surface area contributed by atoms with Gasteiger partial charge in [-0.05, 0) is 188 Å². The maximum Gasteiger partial charge on any atom is 0.515 e. The summed E-state index contributed by atoms with van der Waals surface area (Å²) in [4.78, 5) is 214. The normalized spacial score (nSPS) is 11.4. The standard InChI is InChI=1S/2C9H16O4.4C8H14O4.C8H16O3.2C7H12O4.2C7H14O3.C6H12O3/c1-5-9(2,3)8(11)13-6-7(10)12-4;1-5-9(2,3)13-8(11)6-7(10)12-4;1-5-8(2,3)6(9)12-7(10)11-4;1-5-8(2,3)12-7(10)6(9)11-4;1-4-6(2)8(10)12-5-7(9)11-3;1-4-6(2)12-8(10)5-7(9)11-3;1-5-8(2,3)11-6-7(9)10-4;1-4-5(2)11-7(9)6(8)10-3;1-4-5(2)6(8)11-7(9)10-3;1-5-7(2,3)10-6(8)9-4;1-4-6(2)10-5-7(8)9-3;1-4-5(2)9-6(7)8-3/h2*5-6H2,1-4H3;2*5H2,1-4H3;2*6H,4-5H2,1-3H3;5-6H2,1-4H3;2*5H,4H2,1-3H3;5H2,1-4H3;6H,4-5H2,1-3H3;5H,4H2,1-3H3. The number of methoxy groups -OCH3 is 12. The number of ether oxygens (including phenoxy) is 24. The van der Waals surface area contributed by atoms with Crippen molar-refractivity contribution in [1.29, 1.82) is 0 Å². The van der Waals surface area contributed by atoms with Crippen molar-refractivity contribution >= 4 is 120 Å². The molecule has 44 heteroatoms. The minimum absolute atomic E-state index is 0.0390. The molecule has 0 radical (unpaired) electrons. The van der Waals surface area contributed by atoms with E-state index in [1.165, 1.54) is 56.9 Å². The van der Waals surface area contributed by atoms with Crippen LogP contribution in [0.15, 0.2) is 0 Å². The van der Waals surface area contributed by atoms with E-state index in [4.69, 9.17) is 33.2 Å². The van der Waals surface area contributed by atoms with Crippen molar-refractivity contribution in [3.8, 4) is 0 Å². The van der Waals surface area contributed by atoms with E-state index >= 15 is 0 Å². The second-order valence-electron chi connectivity index (χ2n) is 31.6. The Bertz CT molecular complexity index is 3370. The van der Waals surface area contributed by atoms with Gasteiger partial charge in [-0.25, -0.2) is 57.5 Å². The van der Waals surface area contributed by atoms with Gasteiger partial charge in [0, 0.05) is 0 Å². The molecule has 0 aromatic rings. The van der Waals surface area contributed by atoms with Gasteiger partial charge in [-0.15, -0.1) is 0 Å². The quantitative estimate of drug-likeness (QED) is 0.0243. The number of hydrogen-bond donors (Lipinski definition) is 0. The third-order valence-electron chi connectivity index (χ3n) is 18.1. The second-order valence-corrected chi connectivity index (χ2v) is 31.6. The Balaban J connectivity index is -0.000000123. The fourth-order valence-corrected chi connectivity index (χ4v) is 5.24. The number of esters is 16. The van der Waals surface area contributed by atoms with Gasteiger partial charge in [-0.1, -0.05) is 96.9 Å². The zero-order valence-electron chi connectivity index (χ0n) is 89.2. The average molecular weight is 1980 g/mol. The monoisotopic (exact) mass is 1980 g/mol. The lowest BCUT2D eigenvalue weighted by atomic mass is 9.91. The van der Waals surface area contributed by atoms with Crippen LogP contribution in [0, 0.1) is 22.7 Å². The van der Waals surface area contributed by atoms with E-state index in [9.17, 15) is 95.9 Å². The molecule has 0 aliphatic rings. The molecule has 0 N–H and O–H groups in total. The van der Waals surface area contributed by atoms with Crippen molar-refractivity contribution in [2.45, 2.75) is 344 Å². The van der Waals surface area contributed by atoms with Gasteiger partial charge in [0.2, 0.25) is 0 Å². The Morgan fingerprint density at radius 3 is 0.904 bits per heavy atom. The molecule has 0 saturated carbocycles. The highest BCUT2D eigenvalue weighted by molar-refractivity contribution is 6.30. The Hall–Kier alpha value is -11.1. The van der Waals surface area contributed by atoms with Crippen molar-refractivity contribution in [2.75, 3.05) is 112 Å². The third kappa shape index (κ3) is 100. The third-order valence-corrected chi connectivity index (χ3v) is 18.1. The lowest BCUT2D eigenvalue weighted by Gasteiger charge is -2.22. The maximum absolute atomic E-state index is 11.3. The second kappa shape index (κ2) is 89.2. The van der Waals surface area contributed by atoms with Crippen molar-refractivity contribution in [1.82, 2.24) is 0 Å². The highest BCUT2D eigenvalue weighted by Gasteiger charge is 2.32. The van der Waals surface area contributed by atoms with Gasteiger partial charge in [0.05, 0.1) is 132 Å². The van der Waals surface area contributed by atoms with Crippen molar-refractivity contribution in [2.24, 2.45) is 22.7 Å². The highest BCUT2D eigenvalue weighted by Crippen LogP contribution is 2.23. The molecule has 0 aliphatic carbocycles. The molecule has 0 aromatic heterocycles. The summed E-state index contributed by atoms with van der Waals surface area (Å²) in [6.45, 7) is 54.6. The first kappa shape index (κ1) is 150. The van der Waals surface area contributed by atoms with Gasteiger partial charge in [-0.3, -0.25) is 38.4 Å². The van der Waals surface area contributed by atoms with Crippen LogP contribution in [0.2, 0.25) is 0 Å². The van der Waals surface area contributed by atoms with E-state index in [2.05, 4.69) is 80.5 Å². The predicted octanol–water partition coefficient (Wildman–Crippen LogP) is 14.4. The lowest BCUT2D eigenvalue weighted by molar-refractivity contribution is -0.174. The van der Waals surface area contributed by atoms with E-state index in [1.807, 2.05) is 125 Å². The zero-order chi connectivity index (χ0) is 110. The van der Waals surface area contributed by atoms with Crippen LogP contribution in [0.25, 0.3) is 0 Å². The lowest BCUT2D eigenvalue weighted by Crippen LogP contribution is -2.31. The molecule has 6 unspecified atom stereocenters. The fraction of sp³-hybridized carbons (Fsp3) is 0.783. The first-order valence-electron chi connectivity index (χ1n) is 43.7. The molecule has 0 spiro atoms. The van der Waals surface area contributed by atoms with Crippen LogP contribution in [0.1, 0.15) is 298 Å². The summed E-state index contributed by atoms with van der Waals surface area (Å²) >= 11 is 0. The minimum atomic E-state index is -0.962. The average Bonchev–Trinajstić information content (AvgIpc) is 0.789. The van der Waals surface area contributed by atoms with Crippen LogP contribution in [0.4, 0.5) is 19.2 Å². The van der Waals surface area contributed by atoms with E-state index in [0.717, 1.165) is 60.5 Å². The number of hydrogen-bond acceptors (Lipinski definition) is 44. The van der Waals surface area contributed by atoms with Gasteiger partial charge in [0.25, 0.3) is 0 Å². The van der Waals surface area contributed by atoms with Gasteiger partial charge in [0.1, 0.15) is 49.0 Å². The molecule has 800 valence electrons. The van der Waals surface area contributed by atoms with Crippen LogP contribution in [0.3, 0.4) is 0 Å². The van der Waals surface area contributed by atoms with Crippen molar-refractivity contribution in [3.63, 3.8) is 0 Å². The van der Waals surface area contributed by atoms with Crippen LogP contribution < -0.4 is 0 Å². The molecule has 44 nitrogen and oxygen atoms in total. The Labute approximate surface area is 805 Å². The largest absolute Gasteiger partial charge is 0.515 e. The molecular weight excluding hydrogens is 1810 g/mol. The van der Waals surface area contributed by atoms with E-state index in [-0.39, 0.29) is 105 Å². The summed E-state index contributed by atoms with van der Waals surface area (Å²) in [6.07, 6.45) is 4.78. The molecule has 6 atom stereocenters. The SMILES string of the molecule is CCC(C)(C)C(=O)OC(=O)OC.CCC(C)(C)C(=O)OCC(=O)OC.CCC(C)(C)OC(=O)C(=O)OC.CCC(C)(C)OC(=O)CC(=O)OC.CCC(C)(C)OC(=O)OC.CCC(C)(C)OCC(=O)OC.CCC(C)C(=O)OC(=O)OC.CCC(C)C(=O)OCC(=O)OC.CCC(C)OC(=O)C(=O)OC.CCC(C)OC(=O)CC(=O)OC.CCC(C)OC(=O)OC.CCC(C)OCC(=O)OC. The number of carbonyl (C=O) groups is 20. The van der Waals surface area contributed by atoms with E-state index < -0.39 is 124 Å². The molecule has 136 heavy (non-hydrogen) atoms. The van der Waals surface area contributed by atoms with Gasteiger partial charge < -0.3 is 114 Å². The number of rotatable bonds is 36. The summed E-state index contributed by atoms with van der Waals surface area (Å²) in [6, 6.07) is 0.